The van der Waals surface area contributed by atoms with E-state index in [1.165, 1.54) is 24.5 Å². The molecule has 1 aromatic carbocycles. The smallest absolute Gasteiger partial charge is 0.254 e. The molecule has 3 rings (SSSR count). The summed E-state index contributed by atoms with van der Waals surface area (Å²) in [6, 6.07) is 4.85. The second-order valence-corrected chi connectivity index (χ2v) is 9.52. The molecule has 0 spiro atoms. The van der Waals surface area contributed by atoms with Gasteiger partial charge in [0.15, 0.2) is 0 Å². The van der Waals surface area contributed by atoms with Gasteiger partial charge in [0.25, 0.3) is 5.91 Å². The Hall–Kier alpha value is -1.66. The summed E-state index contributed by atoms with van der Waals surface area (Å²) in [6.45, 7) is 6.94. The fourth-order valence-electron chi connectivity index (χ4n) is 3.93. The van der Waals surface area contributed by atoms with Crippen molar-refractivity contribution < 1.29 is 13.2 Å². The van der Waals surface area contributed by atoms with Gasteiger partial charge in [-0.3, -0.25) is 4.79 Å². The number of carbonyl (C=O) groups excluding carboxylic acids is 1. The number of likely N-dealkylation sites (tertiary alicyclic amines) is 1. The first-order chi connectivity index (χ1) is 12.8. The molecule has 27 heavy (non-hydrogen) atoms. The van der Waals surface area contributed by atoms with Crippen LogP contribution in [-0.2, 0) is 10.0 Å². The summed E-state index contributed by atoms with van der Waals surface area (Å²) in [6.07, 6.45) is 7.56. The lowest BCUT2D eigenvalue weighted by Gasteiger charge is -2.36. The first kappa shape index (κ1) is 20.1. The number of allylic oxidation sites excluding steroid dienone is 1. The number of nitrogens with zero attached hydrogens (tertiary/aromatic N) is 1. The van der Waals surface area contributed by atoms with E-state index in [-0.39, 0.29) is 16.8 Å². The summed E-state index contributed by atoms with van der Waals surface area (Å²) in [4.78, 5) is 15.1. The molecule has 1 aliphatic carbocycles. The van der Waals surface area contributed by atoms with Gasteiger partial charge >= 0.3 is 0 Å². The average molecular weight is 391 g/mol. The van der Waals surface area contributed by atoms with Crippen LogP contribution in [0.1, 0.15) is 61.9 Å². The molecule has 0 radical (unpaired) electrons. The predicted molar refractivity (Wildman–Crippen MR) is 107 cm³/mol. The molecule has 2 aliphatic rings. The zero-order valence-electron chi connectivity index (χ0n) is 16.5. The van der Waals surface area contributed by atoms with Crippen molar-refractivity contribution in [3.05, 3.63) is 41.0 Å². The van der Waals surface area contributed by atoms with Gasteiger partial charge in [0.05, 0.1) is 4.90 Å². The van der Waals surface area contributed by atoms with E-state index >= 15 is 0 Å². The molecule has 1 amide bonds. The van der Waals surface area contributed by atoms with Gasteiger partial charge in [-0.1, -0.05) is 24.6 Å². The summed E-state index contributed by atoms with van der Waals surface area (Å²) in [5.74, 6) is 0.538. The van der Waals surface area contributed by atoms with Crippen molar-refractivity contribution in [1.82, 2.24) is 9.62 Å². The number of hydrogen-bond acceptors (Lipinski definition) is 3. The van der Waals surface area contributed by atoms with E-state index in [0.717, 1.165) is 19.4 Å². The summed E-state index contributed by atoms with van der Waals surface area (Å²) < 4.78 is 28.1. The molecular formula is C21H30N2O3S. The Morgan fingerprint density at radius 3 is 2.85 bits per heavy atom. The number of hydrogen-bond donors (Lipinski definition) is 1. The predicted octanol–water partition coefficient (Wildman–Crippen LogP) is 3.64. The molecule has 1 N–H and O–H groups in total. The van der Waals surface area contributed by atoms with Gasteiger partial charge in [0.2, 0.25) is 10.0 Å². The molecule has 1 aromatic rings. The summed E-state index contributed by atoms with van der Waals surface area (Å²) in [5, 5.41) is 0. The first-order valence-electron chi connectivity index (χ1n) is 9.93. The fraction of sp³-hybridized carbons (Fsp3) is 0.571. The number of amides is 1. The molecule has 2 unspecified atom stereocenters. The molecule has 1 fully saturated rings. The fourth-order valence-corrected chi connectivity index (χ4v) is 5.53. The van der Waals surface area contributed by atoms with Crippen molar-refractivity contribution in [1.29, 1.82) is 0 Å². The van der Waals surface area contributed by atoms with Crippen LogP contribution in [0.4, 0.5) is 0 Å². The maximum absolute atomic E-state index is 13.0. The van der Waals surface area contributed by atoms with Gasteiger partial charge in [0.1, 0.15) is 0 Å². The molecular weight excluding hydrogens is 360 g/mol. The van der Waals surface area contributed by atoms with Crippen LogP contribution in [0, 0.1) is 12.8 Å². The zero-order chi connectivity index (χ0) is 19.6. The first-order valence-corrected chi connectivity index (χ1v) is 11.4. The lowest BCUT2D eigenvalue weighted by atomic mass is 9.82. The summed E-state index contributed by atoms with van der Waals surface area (Å²) >= 11 is 0. The quantitative estimate of drug-likeness (QED) is 0.781. The second kappa shape index (κ2) is 8.15. The van der Waals surface area contributed by atoms with E-state index in [0.29, 0.717) is 30.0 Å². The van der Waals surface area contributed by atoms with Crippen molar-refractivity contribution in [2.75, 3.05) is 13.1 Å². The molecule has 0 bridgehead atoms. The van der Waals surface area contributed by atoms with Crippen molar-refractivity contribution in [2.45, 2.75) is 63.8 Å². The van der Waals surface area contributed by atoms with Crippen LogP contribution >= 0.6 is 0 Å². The summed E-state index contributed by atoms with van der Waals surface area (Å²) in [5.41, 5.74) is 2.47. The van der Waals surface area contributed by atoms with Crippen LogP contribution in [-0.4, -0.2) is 38.4 Å². The highest BCUT2D eigenvalue weighted by molar-refractivity contribution is 7.89. The normalized spacial score (nSPS) is 21.4. The molecule has 0 aromatic heterocycles. The molecule has 6 heteroatoms. The monoisotopic (exact) mass is 390 g/mol. The van der Waals surface area contributed by atoms with E-state index in [4.69, 9.17) is 0 Å². The minimum absolute atomic E-state index is 0.0834. The van der Waals surface area contributed by atoms with Crippen LogP contribution in [0.2, 0.25) is 0 Å². The van der Waals surface area contributed by atoms with Gasteiger partial charge in [-0.25, -0.2) is 13.1 Å². The minimum Gasteiger partial charge on any atom is -0.335 e. The average Bonchev–Trinajstić information content (AvgIpc) is 2.66. The van der Waals surface area contributed by atoms with Crippen LogP contribution < -0.4 is 4.72 Å². The molecule has 2 atom stereocenters. The van der Waals surface area contributed by atoms with Crippen LogP contribution in [0.5, 0.6) is 0 Å². The number of rotatable bonds is 5. The van der Waals surface area contributed by atoms with Crippen LogP contribution in [0.25, 0.3) is 0 Å². The zero-order valence-corrected chi connectivity index (χ0v) is 17.3. The Morgan fingerprint density at radius 2 is 2.11 bits per heavy atom. The third-order valence-corrected chi connectivity index (χ3v) is 7.52. The lowest BCUT2D eigenvalue weighted by molar-refractivity contribution is 0.0730. The maximum Gasteiger partial charge on any atom is 0.254 e. The van der Waals surface area contributed by atoms with Crippen LogP contribution in [0.15, 0.2) is 34.7 Å². The van der Waals surface area contributed by atoms with Crippen molar-refractivity contribution >= 4 is 15.9 Å². The Balaban J connectivity index is 1.83. The molecule has 1 aliphatic heterocycles. The number of fused-ring (bicyclic) bond motifs is 1. The number of nitrogens with one attached hydrogen (secondary N) is 1. The van der Waals surface area contributed by atoms with E-state index < -0.39 is 10.0 Å². The number of sulfonamides is 1. The van der Waals surface area contributed by atoms with Gasteiger partial charge in [-0.2, -0.15) is 0 Å². The van der Waals surface area contributed by atoms with Gasteiger partial charge in [-0.15, -0.1) is 0 Å². The second-order valence-electron chi connectivity index (χ2n) is 7.83. The van der Waals surface area contributed by atoms with Crippen molar-refractivity contribution in [3.8, 4) is 0 Å². The highest BCUT2D eigenvalue weighted by atomic mass is 32.2. The lowest BCUT2D eigenvalue weighted by Crippen LogP contribution is -2.40. The minimum atomic E-state index is -3.64. The van der Waals surface area contributed by atoms with Gasteiger partial charge < -0.3 is 4.90 Å². The highest BCUT2D eigenvalue weighted by Crippen LogP contribution is 2.32. The highest BCUT2D eigenvalue weighted by Gasteiger charge is 2.29. The van der Waals surface area contributed by atoms with Crippen molar-refractivity contribution in [2.24, 2.45) is 5.92 Å². The molecule has 148 valence electrons. The standard InChI is InChI=1S/C21H30N2O3S/c1-4-16(3)22-27(25,26)20-13-18(10-9-15(20)2)21(24)23-12-11-17-7-5-6-8-19(17)14-23/h8-10,13,16-17,22H,4-7,11-12,14H2,1-3H3. The summed E-state index contributed by atoms with van der Waals surface area (Å²) in [7, 11) is -3.64. The maximum atomic E-state index is 13.0. The SMILES string of the molecule is CCC(C)NS(=O)(=O)c1cc(C(=O)N2CCC3CCCC=C3C2)ccc1C. The van der Waals surface area contributed by atoms with Gasteiger partial charge in [-0.05, 0) is 69.6 Å². The van der Waals surface area contributed by atoms with E-state index in [1.54, 1.807) is 19.1 Å². The van der Waals surface area contributed by atoms with E-state index in [9.17, 15) is 13.2 Å². The largest absolute Gasteiger partial charge is 0.335 e. The Morgan fingerprint density at radius 1 is 1.33 bits per heavy atom. The van der Waals surface area contributed by atoms with E-state index in [2.05, 4.69) is 10.8 Å². The molecule has 1 heterocycles. The number of carbonyl (C=O) groups is 1. The topological polar surface area (TPSA) is 66.5 Å². The Bertz CT molecular complexity index is 845. The van der Waals surface area contributed by atoms with Crippen molar-refractivity contribution in [3.63, 3.8) is 0 Å². The third-order valence-electron chi connectivity index (χ3n) is 5.79. The Labute approximate surface area is 162 Å². The van der Waals surface area contributed by atoms with Gasteiger partial charge in [0, 0.05) is 24.7 Å². The molecule has 1 saturated heterocycles. The molecule has 5 nitrogen and oxygen atoms in total. The third kappa shape index (κ3) is 4.43. The number of aryl methyl sites for hydroxylation is 1. The Kier molecular flexibility index (Phi) is 6.06. The molecule has 0 saturated carbocycles. The van der Waals surface area contributed by atoms with Crippen LogP contribution in [0.3, 0.4) is 0 Å². The number of piperidine rings is 1. The van der Waals surface area contributed by atoms with E-state index in [1.807, 2.05) is 18.7 Å². The number of benzene rings is 1.